The van der Waals surface area contributed by atoms with Crippen LogP contribution in [-0.2, 0) is 19.1 Å². The number of rotatable bonds is 12. The molecule has 402 valence electrons. The normalized spacial score (nSPS) is 22.8. The molecule has 0 spiro atoms. The minimum Gasteiger partial charge on any atom is -0.484 e. The van der Waals surface area contributed by atoms with E-state index in [0.29, 0.717) is 30.6 Å². The average molecular weight is 1060 g/mol. The number of carbonyl (C=O) groups is 4. The van der Waals surface area contributed by atoms with Crippen LogP contribution in [0.5, 0.6) is 23.0 Å². The Morgan fingerprint density at radius 1 is 0.632 bits per heavy atom. The quantitative estimate of drug-likeness (QED) is 0.122. The van der Waals surface area contributed by atoms with Crippen LogP contribution in [0.15, 0.2) is 70.9 Å². The number of hydrogen-bond donors (Lipinski definition) is 3. The summed E-state index contributed by atoms with van der Waals surface area (Å²) in [5, 5.41) is 24.8. The number of nitrogens with zero attached hydrogens (tertiary/aromatic N) is 6. The van der Waals surface area contributed by atoms with Gasteiger partial charge in [-0.2, -0.15) is 10.2 Å². The summed E-state index contributed by atoms with van der Waals surface area (Å²) in [7, 11) is 0. The lowest BCUT2D eigenvalue weighted by molar-refractivity contribution is -0.166. The van der Waals surface area contributed by atoms with Crippen molar-refractivity contribution in [2.45, 2.75) is 87.7 Å². The van der Waals surface area contributed by atoms with Gasteiger partial charge in [0, 0.05) is 87.7 Å². The number of likely N-dealkylation sites (tertiary alicyclic amines) is 2. The molecular formula is C51H50F6N8O11. The van der Waals surface area contributed by atoms with Gasteiger partial charge in [-0.05, 0) is 54.7 Å². The molecule has 7 aliphatic heterocycles. The topological polar surface area (TPSA) is 206 Å². The highest BCUT2D eigenvalue weighted by Gasteiger charge is 2.42. The first-order valence-electron chi connectivity index (χ1n) is 24.6. The van der Waals surface area contributed by atoms with Gasteiger partial charge in [0.05, 0.1) is 56.2 Å². The lowest BCUT2D eigenvalue weighted by Gasteiger charge is -2.41. The SMILES string of the molecule is O=C1Nc2cc(OC3CN(C(=O)N4N=CC[C@H]4c4cc(F)cc(F)c4)C3)c(F)cc2OC1CCO.O=C1Nc2cc(OC3CN(C(=O)N4N=CC[C@H]4c4cc(F)cc(F)c4)C3)c(F)cc2OC1CCOC1CCCCO1. The Labute approximate surface area is 429 Å². The van der Waals surface area contributed by atoms with Crippen LogP contribution in [0.1, 0.15) is 68.2 Å². The van der Waals surface area contributed by atoms with E-state index in [2.05, 4.69) is 20.8 Å². The summed E-state index contributed by atoms with van der Waals surface area (Å²) in [6.45, 7) is 1.27. The molecule has 7 heterocycles. The van der Waals surface area contributed by atoms with Gasteiger partial charge in [0.1, 0.15) is 47.0 Å². The molecule has 0 saturated carbocycles. The second-order valence-electron chi connectivity index (χ2n) is 18.8. The molecule has 76 heavy (non-hydrogen) atoms. The Kier molecular flexibility index (Phi) is 15.2. The van der Waals surface area contributed by atoms with Crippen LogP contribution in [0.2, 0.25) is 0 Å². The number of ether oxygens (including phenoxy) is 6. The van der Waals surface area contributed by atoms with E-state index >= 15 is 0 Å². The molecule has 0 bridgehead atoms. The number of nitrogens with one attached hydrogen (secondary N) is 2. The van der Waals surface area contributed by atoms with Gasteiger partial charge < -0.3 is 54.0 Å². The highest BCUT2D eigenvalue weighted by atomic mass is 19.2. The Balaban J connectivity index is 0.000000175. The molecule has 3 saturated heterocycles. The van der Waals surface area contributed by atoms with E-state index in [4.69, 9.17) is 33.5 Å². The fraction of sp³-hybridized carbons (Fsp3) is 0.412. The third-order valence-corrected chi connectivity index (χ3v) is 13.3. The maximum Gasteiger partial charge on any atom is 0.341 e. The van der Waals surface area contributed by atoms with E-state index in [9.17, 15) is 45.5 Å². The predicted molar refractivity (Wildman–Crippen MR) is 256 cm³/mol. The van der Waals surface area contributed by atoms with Crippen molar-refractivity contribution in [2.24, 2.45) is 10.2 Å². The summed E-state index contributed by atoms with van der Waals surface area (Å²) < 4.78 is 118. The van der Waals surface area contributed by atoms with E-state index < -0.39 is 89.4 Å². The lowest BCUT2D eigenvalue weighted by atomic mass is 10.0. The molecule has 3 fully saturated rings. The van der Waals surface area contributed by atoms with Crippen LogP contribution in [0.25, 0.3) is 0 Å². The van der Waals surface area contributed by atoms with E-state index in [0.717, 1.165) is 55.7 Å². The van der Waals surface area contributed by atoms with Gasteiger partial charge in [-0.25, -0.2) is 45.9 Å². The average Bonchev–Trinajstić information content (AvgIpc) is 4.07. The fourth-order valence-corrected chi connectivity index (χ4v) is 9.40. The molecule has 0 radical (unpaired) electrons. The molecule has 7 aliphatic rings. The van der Waals surface area contributed by atoms with Crippen LogP contribution in [0.3, 0.4) is 0 Å². The first kappa shape index (κ1) is 51.8. The minimum atomic E-state index is -0.911. The number of aliphatic hydroxyl groups excluding tert-OH is 1. The Hall–Kier alpha value is -7.64. The number of hydrogen-bond acceptors (Lipinski definition) is 13. The van der Waals surface area contributed by atoms with Crippen LogP contribution in [0, 0.1) is 34.9 Å². The second kappa shape index (κ2) is 22.3. The number of benzene rings is 4. The number of carbonyl (C=O) groups excluding carboxylic acids is 4. The molecule has 6 amide bonds. The third kappa shape index (κ3) is 11.4. The molecule has 5 atom stereocenters. The number of fused-ring (bicyclic) bond motifs is 2. The number of aliphatic hydroxyl groups is 1. The van der Waals surface area contributed by atoms with Gasteiger partial charge in [0.25, 0.3) is 11.8 Å². The van der Waals surface area contributed by atoms with Crippen molar-refractivity contribution in [3.63, 3.8) is 0 Å². The van der Waals surface area contributed by atoms with Crippen molar-refractivity contribution < 1.29 is 79.0 Å². The zero-order valence-corrected chi connectivity index (χ0v) is 40.3. The van der Waals surface area contributed by atoms with Crippen molar-refractivity contribution in [3.05, 3.63) is 107 Å². The van der Waals surface area contributed by atoms with Gasteiger partial charge in [-0.15, -0.1) is 0 Å². The molecule has 0 aromatic heterocycles. The van der Waals surface area contributed by atoms with E-state index in [-0.39, 0.29) is 98.8 Å². The summed E-state index contributed by atoms with van der Waals surface area (Å²) in [6, 6.07) is 8.93. The van der Waals surface area contributed by atoms with Crippen LogP contribution < -0.4 is 29.6 Å². The number of urea groups is 2. The fourth-order valence-electron chi connectivity index (χ4n) is 9.40. The van der Waals surface area contributed by atoms with Gasteiger partial charge in [-0.1, -0.05) is 0 Å². The smallest absolute Gasteiger partial charge is 0.341 e. The predicted octanol–water partition coefficient (Wildman–Crippen LogP) is 7.15. The molecule has 3 unspecified atom stereocenters. The number of halogens is 6. The van der Waals surface area contributed by atoms with Crippen LogP contribution >= 0.6 is 0 Å². The zero-order chi connectivity index (χ0) is 53.2. The van der Waals surface area contributed by atoms with Crippen LogP contribution in [0.4, 0.5) is 47.3 Å². The molecule has 11 rings (SSSR count). The van der Waals surface area contributed by atoms with Crippen molar-refractivity contribution in [2.75, 3.05) is 56.6 Å². The van der Waals surface area contributed by atoms with Crippen molar-refractivity contribution in [1.29, 1.82) is 0 Å². The largest absolute Gasteiger partial charge is 0.484 e. The van der Waals surface area contributed by atoms with E-state index in [1.807, 2.05) is 0 Å². The zero-order valence-electron chi connectivity index (χ0n) is 40.3. The van der Waals surface area contributed by atoms with Gasteiger partial charge in [0.2, 0.25) is 0 Å². The molecular weight excluding hydrogens is 1010 g/mol. The lowest BCUT2D eigenvalue weighted by Crippen LogP contribution is -2.58. The summed E-state index contributed by atoms with van der Waals surface area (Å²) in [5.41, 5.74) is 1.12. The monoisotopic (exact) mass is 1060 g/mol. The summed E-state index contributed by atoms with van der Waals surface area (Å²) in [4.78, 5) is 53.4. The van der Waals surface area contributed by atoms with Crippen molar-refractivity contribution >= 4 is 47.7 Å². The Morgan fingerprint density at radius 2 is 1.09 bits per heavy atom. The van der Waals surface area contributed by atoms with Gasteiger partial charge in [-0.3, -0.25) is 9.59 Å². The molecule has 19 nitrogen and oxygen atoms in total. The number of amides is 6. The molecule has 25 heteroatoms. The van der Waals surface area contributed by atoms with Gasteiger partial charge in [0.15, 0.2) is 41.6 Å². The Morgan fingerprint density at radius 3 is 1.53 bits per heavy atom. The first-order chi connectivity index (χ1) is 36.7. The summed E-state index contributed by atoms with van der Waals surface area (Å²) >= 11 is 0. The summed E-state index contributed by atoms with van der Waals surface area (Å²) in [5.74, 6) is -5.05. The third-order valence-electron chi connectivity index (χ3n) is 13.3. The molecule has 4 aromatic rings. The molecule has 4 aromatic carbocycles. The molecule has 0 aliphatic carbocycles. The minimum absolute atomic E-state index is 0.0765. The second-order valence-corrected chi connectivity index (χ2v) is 18.8. The summed E-state index contributed by atoms with van der Waals surface area (Å²) in [6.07, 6.45) is 3.83. The van der Waals surface area contributed by atoms with Crippen molar-refractivity contribution in [3.8, 4) is 23.0 Å². The van der Waals surface area contributed by atoms with Crippen LogP contribution in [-0.4, -0.2) is 138 Å². The maximum absolute atomic E-state index is 14.9. The van der Waals surface area contributed by atoms with E-state index in [1.54, 1.807) is 0 Å². The van der Waals surface area contributed by atoms with Gasteiger partial charge >= 0.3 is 12.1 Å². The highest BCUT2D eigenvalue weighted by molar-refractivity contribution is 5.98. The molecule has 3 N–H and O–H groups in total. The first-order valence-corrected chi connectivity index (χ1v) is 24.6. The number of anilines is 2. The van der Waals surface area contributed by atoms with Crippen molar-refractivity contribution in [1.82, 2.24) is 19.8 Å². The maximum atomic E-state index is 14.9. The standard InChI is InChI=1S/C28H29F3N4O6.C23H21F3N4O5/c29-17-9-16(10-18(30)11-17)22-4-6-32-35(22)28(37)34-14-19(15-34)40-24-13-21-25(12-20(24)31)41-23(27(36)33-21)5-8-39-26-3-1-2-7-38-26;24-13-5-12(6-14(25)7-13)18-1-3-27-30(18)23(33)29-10-15(11-29)34-20-9-17-21(8-16(20)26)35-19(2-4-31)22(32)28-17/h6,9-13,19,22-23,26H,1-5,7-8,14-15H2,(H,33,36);3,5-9,15,18-19,31H,1-2,4,10-11H2,(H,28,32)/t22-,23?,26?;18-,19?/m00/s1. The Bertz CT molecular complexity index is 2900. The number of hydrazone groups is 2. The highest BCUT2D eigenvalue weighted by Crippen LogP contribution is 2.40. The van der Waals surface area contributed by atoms with E-state index in [1.165, 1.54) is 56.5 Å².